The predicted octanol–water partition coefficient (Wildman–Crippen LogP) is 3.02. The summed E-state index contributed by atoms with van der Waals surface area (Å²) in [4.78, 5) is 35.4. The van der Waals surface area contributed by atoms with Crippen LogP contribution in [0.25, 0.3) is 11.7 Å². The average Bonchev–Trinajstić information content (AvgIpc) is 3.00. The van der Waals surface area contributed by atoms with Gasteiger partial charge in [-0.1, -0.05) is 43.9 Å². The minimum absolute atomic E-state index is 0.186. The van der Waals surface area contributed by atoms with E-state index in [0.29, 0.717) is 51.2 Å². The zero-order valence-corrected chi connectivity index (χ0v) is 19.5. The van der Waals surface area contributed by atoms with Gasteiger partial charge in [-0.2, -0.15) is 0 Å². The van der Waals surface area contributed by atoms with Crippen molar-refractivity contribution >= 4 is 51.7 Å². The van der Waals surface area contributed by atoms with Crippen LogP contribution in [-0.4, -0.2) is 57.9 Å². The van der Waals surface area contributed by atoms with E-state index in [1.54, 1.807) is 25.4 Å². The second kappa shape index (κ2) is 9.10. The van der Waals surface area contributed by atoms with Gasteiger partial charge in [0.15, 0.2) is 0 Å². The highest BCUT2D eigenvalue weighted by molar-refractivity contribution is 8.26. The van der Waals surface area contributed by atoms with E-state index in [4.69, 9.17) is 21.9 Å². The van der Waals surface area contributed by atoms with Gasteiger partial charge in [0.05, 0.1) is 23.6 Å². The molecule has 2 aromatic rings. The molecule has 0 radical (unpaired) electrons. The molecule has 0 bridgehead atoms. The normalized spacial score (nSPS) is 23.4. The molecule has 1 amide bonds. The molecule has 164 valence electrons. The van der Waals surface area contributed by atoms with Crippen molar-refractivity contribution in [2.24, 2.45) is 11.8 Å². The summed E-state index contributed by atoms with van der Waals surface area (Å²) >= 11 is 6.60. The second-order valence-electron chi connectivity index (χ2n) is 8.26. The van der Waals surface area contributed by atoms with E-state index in [-0.39, 0.29) is 11.5 Å². The fourth-order valence-electron chi connectivity index (χ4n) is 4.30. The average molecular weight is 459 g/mol. The van der Waals surface area contributed by atoms with Gasteiger partial charge in [-0.3, -0.25) is 18.9 Å². The zero-order chi connectivity index (χ0) is 22.1. The summed E-state index contributed by atoms with van der Waals surface area (Å²) in [5.41, 5.74) is 0.837. The lowest BCUT2D eigenvalue weighted by atomic mass is 9.91. The molecule has 0 N–H and O–H groups in total. The van der Waals surface area contributed by atoms with Gasteiger partial charge in [-0.15, -0.1) is 0 Å². The molecule has 0 aromatic carbocycles. The van der Waals surface area contributed by atoms with Gasteiger partial charge in [-0.05, 0) is 36.5 Å². The maximum atomic E-state index is 13.4. The molecule has 2 fully saturated rings. The molecule has 2 aliphatic rings. The Morgan fingerprint density at radius 3 is 2.71 bits per heavy atom. The second-order valence-corrected chi connectivity index (χ2v) is 9.94. The Labute approximate surface area is 191 Å². The summed E-state index contributed by atoms with van der Waals surface area (Å²) < 4.78 is 7.09. The smallest absolute Gasteiger partial charge is 0.267 e. The summed E-state index contributed by atoms with van der Waals surface area (Å²) in [6.07, 6.45) is 4.52. The van der Waals surface area contributed by atoms with Crippen LogP contribution in [0.2, 0.25) is 0 Å². The molecule has 7 nitrogen and oxygen atoms in total. The molecule has 2 saturated heterocycles. The van der Waals surface area contributed by atoms with Gasteiger partial charge < -0.3 is 9.64 Å². The monoisotopic (exact) mass is 458 g/mol. The number of hydrogen-bond acceptors (Lipinski definition) is 7. The predicted molar refractivity (Wildman–Crippen MR) is 128 cm³/mol. The van der Waals surface area contributed by atoms with Crippen LogP contribution in [-0.2, 0) is 9.53 Å². The van der Waals surface area contributed by atoms with Gasteiger partial charge in [0.25, 0.3) is 11.5 Å². The third-order valence-electron chi connectivity index (χ3n) is 5.59. The summed E-state index contributed by atoms with van der Waals surface area (Å²) in [6, 6.07) is 5.50. The van der Waals surface area contributed by atoms with Crippen molar-refractivity contribution in [2.75, 3.05) is 38.3 Å². The SMILES string of the molecule is COCCN1C(=O)/C(=C\c2c(N3C[C@@H](C)C[C@H](C)C3)nc3ccccn3c2=O)SC1=S. The van der Waals surface area contributed by atoms with E-state index in [1.807, 2.05) is 12.1 Å². The van der Waals surface area contributed by atoms with Crippen molar-refractivity contribution in [1.82, 2.24) is 14.3 Å². The topological polar surface area (TPSA) is 67.2 Å². The first-order chi connectivity index (χ1) is 14.9. The number of thiocarbonyl (C=S) groups is 1. The third-order valence-corrected chi connectivity index (χ3v) is 6.96. The Kier molecular flexibility index (Phi) is 6.45. The number of carbonyl (C=O) groups excluding carboxylic acids is 1. The zero-order valence-electron chi connectivity index (χ0n) is 17.9. The lowest BCUT2D eigenvalue weighted by molar-refractivity contribution is -0.122. The van der Waals surface area contributed by atoms with Gasteiger partial charge in [0.1, 0.15) is 15.8 Å². The number of anilines is 1. The number of hydrogen-bond donors (Lipinski definition) is 0. The molecular weight excluding hydrogens is 432 g/mol. The van der Waals surface area contributed by atoms with Gasteiger partial charge >= 0.3 is 0 Å². The van der Waals surface area contributed by atoms with Crippen LogP contribution >= 0.6 is 24.0 Å². The van der Waals surface area contributed by atoms with Crippen LogP contribution < -0.4 is 10.5 Å². The first-order valence-corrected chi connectivity index (χ1v) is 11.6. The maximum absolute atomic E-state index is 13.4. The standard InChI is InChI=1S/C22H26N4O3S2/c1-14-10-15(2)13-24(12-14)19-16(20(27)25-7-5-4-6-18(25)23-19)11-17-21(28)26(8-9-29-3)22(30)31-17/h4-7,11,14-15H,8-10,12-13H2,1-3H3/b17-11+/t14-,15-/m0/s1. The van der Waals surface area contributed by atoms with E-state index in [2.05, 4.69) is 18.7 Å². The highest BCUT2D eigenvalue weighted by atomic mass is 32.2. The van der Waals surface area contributed by atoms with Gasteiger partial charge in [0, 0.05) is 26.4 Å². The quantitative estimate of drug-likeness (QED) is 0.504. The summed E-state index contributed by atoms with van der Waals surface area (Å²) in [5.74, 6) is 1.44. The lowest BCUT2D eigenvalue weighted by Gasteiger charge is -2.36. The highest BCUT2D eigenvalue weighted by Crippen LogP contribution is 2.34. The highest BCUT2D eigenvalue weighted by Gasteiger charge is 2.33. The van der Waals surface area contributed by atoms with Crippen LogP contribution in [0.3, 0.4) is 0 Å². The Hall–Kier alpha value is -2.23. The lowest BCUT2D eigenvalue weighted by Crippen LogP contribution is -2.40. The van der Waals surface area contributed by atoms with Gasteiger partial charge in [-0.25, -0.2) is 4.98 Å². The van der Waals surface area contributed by atoms with Crippen LogP contribution in [0.1, 0.15) is 25.8 Å². The van der Waals surface area contributed by atoms with Crippen molar-refractivity contribution in [3.63, 3.8) is 0 Å². The number of thioether (sulfide) groups is 1. The van der Waals surface area contributed by atoms with Crippen molar-refractivity contribution < 1.29 is 9.53 Å². The van der Waals surface area contributed by atoms with Crippen molar-refractivity contribution in [3.8, 4) is 0 Å². The molecule has 4 rings (SSSR count). The molecule has 0 spiro atoms. The Morgan fingerprint density at radius 1 is 1.26 bits per heavy atom. The Morgan fingerprint density at radius 2 is 2.00 bits per heavy atom. The molecular formula is C22H26N4O3S2. The number of rotatable bonds is 5. The number of pyridine rings is 1. The molecule has 9 heteroatoms. The number of ether oxygens (including phenoxy) is 1. The largest absolute Gasteiger partial charge is 0.383 e. The summed E-state index contributed by atoms with van der Waals surface area (Å²) in [7, 11) is 1.59. The number of fused-ring (bicyclic) bond motifs is 1. The number of amides is 1. The number of piperidine rings is 1. The van der Waals surface area contributed by atoms with Crippen LogP contribution in [0, 0.1) is 11.8 Å². The van der Waals surface area contributed by atoms with Crippen LogP contribution in [0.15, 0.2) is 34.1 Å². The fourth-order valence-corrected chi connectivity index (χ4v) is 5.59. The van der Waals surface area contributed by atoms with E-state index < -0.39 is 0 Å². The minimum Gasteiger partial charge on any atom is -0.383 e. The van der Waals surface area contributed by atoms with Crippen molar-refractivity contribution in [2.45, 2.75) is 20.3 Å². The van der Waals surface area contributed by atoms with Crippen molar-refractivity contribution in [3.05, 3.63) is 45.2 Å². The van der Waals surface area contributed by atoms with Gasteiger partial charge in [0.2, 0.25) is 0 Å². The molecule has 2 atom stereocenters. The van der Waals surface area contributed by atoms with Crippen molar-refractivity contribution in [1.29, 1.82) is 0 Å². The Bertz CT molecular complexity index is 1100. The number of methoxy groups -OCH3 is 1. The molecule has 2 aromatic heterocycles. The molecule has 4 heterocycles. The van der Waals surface area contributed by atoms with Crippen LogP contribution in [0.4, 0.5) is 5.82 Å². The van der Waals surface area contributed by atoms with E-state index >= 15 is 0 Å². The summed E-state index contributed by atoms with van der Waals surface area (Å²) in [6.45, 7) is 6.88. The molecule has 0 aliphatic carbocycles. The number of carbonyl (C=O) groups is 1. The van der Waals surface area contributed by atoms with E-state index in [1.165, 1.54) is 21.1 Å². The molecule has 31 heavy (non-hydrogen) atoms. The van der Waals surface area contributed by atoms with E-state index in [9.17, 15) is 9.59 Å². The number of aromatic nitrogens is 2. The molecule has 2 aliphatic heterocycles. The maximum Gasteiger partial charge on any atom is 0.267 e. The minimum atomic E-state index is -0.198. The molecule has 0 saturated carbocycles. The molecule has 0 unspecified atom stereocenters. The van der Waals surface area contributed by atoms with E-state index in [0.717, 1.165) is 19.5 Å². The fraction of sp³-hybridized carbons (Fsp3) is 0.455. The third kappa shape index (κ3) is 4.40. The first kappa shape index (κ1) is 22.0. The first-order valence-electron chi connectivity index (χ1n) is 10.4. The summed E-state index contributed by atoms with van der Waals surface area (Å²) in [5, 5.41) is 0. The number of nitrogens with zero attached hydrogens (tertiary/aromatic N) is 4. The van der Waals surface area contributed by atoms with Crippen LogP contribution in [0.5, 0.6) is 0 Å². The Balaban J connectivity index is 1.82.